The van der Waals surface area contributed by atoms with Crippen LogP contribution in [0.25, 0.3) is 111 Å². The lowest BCUT2D eigenvalue weighted by Gasteiger charge is -2.11. The first kappa shape index (κ1) is 25.5. The number of fused-ring (bicyclic) bond motifs is 9. The van der Waals surface area contributed by atoms with Gasteiger partial charge in [0.05, 0.1) is 0 Å². The Morgan fingerprint density at radius 2 is 0.979 bits per heavy atom. The van der Waals surface area contributed by atoms with Crippen LogP contribution in [0.3, 0.4) is 0 Å². The highest BCUT2D eigenvalue weighted by atomic mass is 16.3. The van der Waals surface area contributed by atoms with Crippen LogP contribution in [-0.4, -0.2) is 19.9 Å². The van der Waals surface area contributed by atoms with E-state index >= 15 is 0 Å². The Morgan fingerprint density at radius 3 is 1.67 bits per heavy atom. The lowest BCUT2D eigenvalue weighted by Crippen LogP contribution is -2.01. The van der Waals surface area contributed by atoms with E-state index in [1.165, 1.54) is 16.5 Å². The predicted molar refractivity (Wildman–Crippen MR) is 190 cm³/mol. The van der Waals surface area contributed by atoms with E-state index < -0.39 is 0 Å². The van der Waals surface area contributed by atoms with Crippen LogP contribution in [0.5, 0.6) is 0 Å². The fraction of sp³-hybridized carbons (Fsp3) is 0. The molecule has 0 atom stereocenters. The zero-order valence-electron chi connectivity index (χ0n) is 25.3. The molecule has 0 unspecified atom stereocenters. The fourth-order valence-corrected chi connectivity index (χ4v) is 7.51. The minimum absolute atomic E-state index is 0.573. The van der Waals surface area contributed by atoms with Gasteiger partial charge in [0.1, 0.15) is 22.3 Å². The molecule has 222 valence electrons. The number of furan rings is 2. The van der Waals surface area contributed by atoms with E-state index in [0.29, 0.717) is 17.5 Å². The highest BCUT2D eigenvalue weighted by Crippen LogP contribution is 2.48. The summed E-state index contributed by atoms with van der Waals surface area (Å²) in [5.74, 6) is 1.74. The minimum Gasteiger partial charge on any atom is -0.456 e. The largest absolute Gasteiger partial charge is 0.456 e. The molecule has 0 saturated carbocycles. The molecule has 10 aromatic rings. The lowest BCUT2D eigenvalue weighted by atomic mass is 9.99. The molecular weight excluding hydrogens is 592 g/mol. The summed E-state index contributed by atoms with van der Waals surface area (Å²) in [5.41, 5.74) is 10.6. The number of nitrogens with zero attached hydrogens (tertiary/aromatic N) is 4. The van der Waals surface area contributed by atoms with Gasteiger partial charge in [-0.2, -0.15) is 0 Å². The summed E-state index contributed by atoms with van der Waals surface area (Å²) < 4.78 is 12.5. The molecule has 4 heterocycles. The predicted octanol–water partition coefficient (Wildman–Crippen LogP) is 10.9. The van der Waals surface area contributed by atoms with Crippen LogP contribution in [0.2, 0.25) is 0 Å². The standard InChI is InChI=1S/C42H22N4O2/c1-3-14-33-27(9-1)38-29(12-6-16-35(38)47-33)41-44-40(24-20-23-8-5-11-26-25-18-19-43-22-32(25)31(21-24)37(23)26)45-42(46-41)30-13-7-17-36-39(30)28-10-2-4-15-34(28)48-36/h1-22H. The zero-order valence-corrected chi connectivity index (χ0v) is 25.3. The maximum absolute atomic E-state index is 6.27. The van der Waals surface area contributed by atoms with Crippen molar-refractivity contribution in [1.29, 1.82) is 0 Å². The second-order valence-corrected chi connectivity index (χ2v) is 12.2. The van der Waals surface area contributed by atoms with Crippen molar-refractivity contribution >= 4 is 54.6 Å². The Hall–Kier alpha value is -6.66. The first-order chi connectivity index (χ1) is 23.8. The Bertz CT molecular complexity index is 2840. The number of para-hydroxylation sites is 2. The van der Waals surface area contributed by atoms with Crippen molar-refractivity contribution in [3.05, 3.63) is 134 Å². The minimum atomic E-state index is 0.573. The molecule has 11 rings (SSSR count). The summed E-state index contributed by atoms with van der Waals surface area (Å²) in [7, 11) is 0. The lowest BCUT2D eigenvalue weighted by molar-refractivity contribution is 0.668. The number of rotatable bonds is 3. The molecule has 0 saturated heterocycles. The van der Waals surface area contributed by atoms with Gasteiger partial charge in [-0.25, -0.2) is 15.0 Å². The summed E-state index contributed by atoms with van der Waals surface area (Å²) in [6, 6.07) is 41.2. The van der Waals surface area contributed by atoms with Gasteiger partial charge < -0.3 is 8.83 Å². The maximum atomic E-state index is 6.27. The van der Waals surface area contributed by atoms with E-state index in [4.69, 9.17) is 23.8 Å². The third kappa shape index (κ3) is 3.51. The molecule has 1 aliphatic carbocycles. The monoisotopic (exact) mass is 614 g/mol. The second kappa shape index (κ2) is 9.44. The number of pyridine rings is 1. The maximum Gasteiger partial charge on any atom is 0.164 e. The molecule has 0 radical (unpaired) electrons. The van der Waals surface area contributed by atoms with Crippen LogP contribution in [0.4, 0.5) is 0 Å². The van der Waals surface area contributed by atoms with Gasteiger partial charge in [0, 0.05) is 56.2 Å². The van der Waals surface area contributed by atoms with Gasteiger partial charge in [0.25, 0.3) is 0 Å². The Balaban J connectivity index is 1.23. The molecule has 0 fully saturated rings. The third-order valence-corrected chi connectivity index (χ3v) is 9.56. The summed E-state index contributed by atoms with van der Waals surface area (Å²) in [6.45, 7) is 0. The third-order valence-electron chi connectivity index (χ3n) is 9.56. The molecule has 6 heteroatoms. The van der Waals surface area contributed by atoms with Crippen molar-refractivity contribution in [2.45, 2.75) is 0 Å². The summed E-state index contributed by atoms with van der Waals surface area (Å²) in [5, 5.41) is 6.35. The fourth-order valence-electron chi connectivity index (χ4n) is 7.51. The first-order valence-electron chi connectivity index (χ1n) is 15.9. The Morgan fingerprint density at radius 1 is 0.396 bits per heavy atom. The van der Waals surface area contributed by atoms with E-state index in [0.717, 1.165) is 77.1 Å². The van der Waals surface area contributed by atoms with E-state index in [-0.39, 0.29) is 0 Å². The van der Waals surface area contributed by atoms with Crippen LogP contribution in [0.15, 0.2) is 143 Å². The molecule has 48 heavy (non-hydrogen) atoms. The van der Waals surface area contributed by atoms with Crippen LogP contribution in [0, 0.1) is 0 Å². The number of hydrogen-bond acceptors (Lipinski definition) is 6. The van der Waals surface area contributed by atoms with Gasteiger partial charge >= 0.3 is 0 Å². The van der Waals surface area contributed by atoms with Gasteiger partial charge in [-0.3, -0.25) is 4.98 Å². The normalized spacial score (nSPS) is 12.2. The highest BCUT2D eigenvalue weighted by Gasteiger charge is 2.24. The van der Waals surface area contributed by atoms with E-state index in [1.54, 1.807) is 0 Å². The zero-order chi connectivity index (χ0) is 31.3. The highest BCUT2D eigenvalue weighted by molar-refractivity contribution is 6.17. The average molecular weight is 615 g/mol. The van der Waals surface area contributed by atoms with Gasteiger partial charge in [-0.1, -0.05) is 78.9 Å². The summed E-state index contributed by atoms with van der Waals surface area (Å²) >= 11 is 0. The van der Waals surface area contributed by atoms with Crippen molar-refractivity contribution in [2.75, 3.05) is 0 Å². The van der Waals surface area contributed by atoms with Gasteiger partial charge in [0.2, 0.25) is 0 Å². The molecule has 6 nitrogen and oxygen atoms in total. The Kier molecular flexibility index (Phi) is 5.02. The van der Waals surface area contributed by atoms with Crippen molar-refractivity contribution in [2.24, 2.45) is 0 Å². The van der Waals surface area contributed by atoms with Crippen molar-refractivity contribution in [3.8, 4) is 56.4 Å². The van der Waals surface area contributed by atoms with Gasteiger partial charge in [0.15, 0.2) is 17.5 Å². The quantitative estimate of drug-likeness (QED) is 0.197. The Labute approximate surface area is 273 Å². The van der Waals surface area contributed by atoms with E-state index in [1.807, 2.05) is 73.1 Å². The summed E-state index contributed by atoms with van der Waals surface area (Å²) in [4.78, 5) is 20.1. The summed E-state index contributed by atoms with van der Waals surface area (Å²) in [6.07, 6.45) is 3.81. The number of hydrogen-bond donors (Lipinski definition) is 0. The topological polar surface area (TPSA) is 77.8 Å². The molecular formula is C42H22N4O2. The van der Waals surface area contributed by atoms with Crippen LogP contribution in [-0.2, 0) is 0 Å². The van der Waals surface area contributed by atoms with E-state index in [9.17, 15) is 0 Å². The molecule has 0 amide bonds. The smallest absolute Gasteiger partial charge is 0.164 e. The SMILES string of the molecule is c1cc2c3c(cc(-c4nc(-c5cccc6oc7ccccc7c56)nc(-c5cccc6oc7ccccc7c56)n4)cc3c1)-c1cnccc1-2. The molecule has 0 aliphatic heterocycles. The van der Waals surface area contributed by atoms with Crippen molar-refractivity contribution in [3.63, 3.8) is 0 Å². The molecule has 0 bridgehead atoms. The number of benzene rings is 6. The van der Waals surface area contributed by atoms with Crippen molar-refractivity contribution in [1.82, 2.24) is 19.9 Å². The van der Waals surface area contributed by atoms with Crippen LogP contribution >= 0.6 is 0 Å². The van der Waals surface area contributed by atoms with Crippen molar-refractivity contribution < 1.29 is 8.83 Å². The van der Waals surface area contributed by atoms with E-state index in [2.05, 4.69) is 65.6 Å². The number of aromatic nitrogens is 4. The van der Waals surface area contributed by atoms with Gasteiger partial charge in [-0.05, 0) is 69.9 Å². The van der Waals surface area contributed by atoms with Gasteiger partial charge in [-0.15, -0.1) is 0 Å². The molecule has 6 aromatic carbocycles. The van der Waals surface area contributed by atoms with Crippen LogP contribution < -0.4 is 0 Å². The average Bonchev–Trinajstić information content (AvgIpc) is 3.82. The molecule has 4 aromatic heterocycles. The molecule has 1 aliphatic rings. The second-order valence-electron chi connectivity index (χ2n) is 12.2. The molecule has 0 N–H and O–H groups in total. The first-order valence-corrected chi connectivity index (χ1v) is 15.9. The van der Waals surface area contributed by atoms with Crippen LogP contribution in [0.1, 0.15) is 0 Å². The molecule has 0 spiro atoms.